The number of pyridine rings is 1. The van der Waals surface area contributed by atoms with E-state index < -0.39 is 29.9 Å². The maximum Gasteiger partial charge on any atom is 0.490 e. The topological polar surface area (TPSA) is 120 Å². The van der Waals surface area contributed by atoms with Crippen LogP contribution in [0.5, 0.6) is 0 Å². The molecular weight excluding hydrogens is 596 g/mol. The molecule has 2 N–H and O–H groups in total. The zero-order valence-corrected chi connectivity index (χ0v) is 23.1. The van der Waals surface area contributed by atoms with Crippen LogP contribution in [0.2, 0.25) is 0 Å². The van der Waals surface area contributed by atoms with E-state index in [0.29, 0.717) is 19.1 Å². The Hall–Kier alpha value is -3.24. The van der Waals surface area contributed by atoms with Crippen LogP contribution in [0.15, 0.2) is 36.7 Å². The highest BCUT2D eigenvalue weighted by atomic mass is 32.1. The summed E-state index contributed by atoms with van der Waals surface area (Å²) in [4.78, 5) is 42.9. The van der Waals surface area contributed by atoms with Crippen LogP contribution in [0.25, 0.3) is 0 Å². The third-order valence-electron chi connectivity index (χ3n) is 6.75. The van der Waals surface area contributed by atoms with Gasteiger partial charge in [-0.3, -0.25) is 14.7 Å². The molecule has 16 heteroatoms. The number of carboxylic acid groups (broad SMARTS) is 2. The van der Waals surface area contributed by atoms with Gasteiger partial charge in [0.25, 0.3) is 5.91 Å². The molecule has 0 bridgehead atoms. The number of halogens is 6. The van der Waals surface area contributed by atoms with Crippen molar-refractivity contribution in [1.82, 2.24) is 14.8 Å². The van der Waals surface area contributed by atoms with E-state index >= 15 is 0 Å². The SMILES string of the molecule is Cc1ccc(CN2CC(c3cccnc3)C3(C2)OCCN(CC2CC2)C3=O)s1.O=C(O)C(F)(F)F.O=C(O)C(F)(F)F. The molecule has 232 valence electrons. The summed E-state index contributed by atoms with van der Waals surface area (Å²) in [6.45, 7) is 6.74. The quantitative estimate of drug-likeness (QED) is 0.472. The molecule has 2 atom stereocenters. The molecule has 2 aromatic heterocycles. The molecule has 2 aromatic rings. The fourth-order valence-electron chi connectivity index (χ4n) is 4.70. The Morgan fingerprint density at radius 3 is 2.19 bits per heavy atom. The van der Waals surface area contributed by atoms with Gasteiger partial charge in [-0.2, -0.15) is 26.3 Å². The maximum atomic E-state index is 13.7. The second kappa shape index (κ2) is 13.4. The van der Waals surface area contributed by atoms with Crippen LogP contribution in [0, 0.1) is 12.8 Å². The van der Waals surface area contributed by atoms with Crippen molar-refractivity contribution in [2.75, 3.05) is 32.8 Å². The molecule has 0 aromatic carbocycles. The average molecular weight is 626 g/mol. The van der Waals surface area contributed by atoms with Crippen LogP contribution in [-0.4, -0.2) is 93.6 Å². The van der Waals surface area contributed by atoms with Gasteiger partial charge in [-0.25, -0.2) is 9.59 Å². The molecular formula is C26H29F6N3O6S. The molecule has 1 aliphatic carbocycles. The highest BCUT2D eigenvalue weighted by Crippen LogP contribution is 2.43. The lowest BCUT2D eigenvalue weighted by molar-refractivity contribution is -0.193. The molecule has 5 rings (SSSR count). The van der Waals surface area contributed by atoms with Gasteiger partial charge in [-0.05, 0) is 49.4 Å². The summed E-state index contributed by atoms with van der Waals surface area (Å²) in [5, 5.41) is 14.2. The minimum absolute atomic E-state index is 0.0248. The Morgan fingerprint density at radius 2 is 1.71 bits per heavy atom. The number of carbonyl (C=O) groups excluding carboxylic acids is 1. The van der Waals surface area contributed by atoms with E-state index in [1.165, 1.54) is 22.6 Å². The third-order valence-corrected chi connectivity index (χ3v) is 7.74. The summed E-state index contributed by atoms with van der Waals surface area (Å²) in [5.41, 5.74) is 0.330. The zero-order chi connectivity index (χ0) is 31.3. The number of hydrogen-bond donors (Lipinski definition) is 2. The molecule has 2 saturated heterocycles. The second-order valence-electron chi connectivity index (χ2n) is 10.1. The van der Waals surface area contributed by atoms with Gasteiger partial charge in [0.15, 0.2) is 5.60 Å². The highest BCUT2D eigenvalue weighted by Gasteiger charge is 2.57. The monoisotopic (exact) mass is 625 g/mol. The van der Waals surface area contributed by atoms with Crippen molar-refractivity contribution in [2.45, 2.75) is 50.2 Å². The smallest absolute Gasteiger partial charge is 0.475 e. The number of alkyl halides is 6. The number of carbonyl (C=O) groups is 3. The van der Waals surface area contributed by atoms with Gasteiger partial charge in [0, 0.05) is 60.8 Å². The molecule has 0 radical (unpaired) electrons. The van der Waals surface area contributed by atoms with E-state index in [4.69, 9.17) is 24.5 Å². The maximum absolute atomic E-state index is 13.7. The van der Waals surface area contributed by atoms with Crippen molar-refractivity contribution >= 4 is 29.2 Å². The van der Waals surface area contributed by atoms with Gasteiger partial charge in [-0.1, -0.05) is 6.07 Å². The van der Waals surface area contributed by atoms with Crippen molar-refractivity contribution < 1.29 is 55.7 Å². The number of nitrogens with zero attached hydrogens (tertiary/aromatic N) is 3. The number of hydrogen-bond acceptors (Lipinski definition) is 7. The lowest BCUT2D eigenvalue weighted by Gasteiger charge is -2.42. The standard InChI is InChI=1S/C22H27N3O2S.2C2HF3O2/c1-16-4-7-19(28-16)13-24-14-20(18-3-2-8-23-11-18)22(15-24)21(26)25(9-10-27-22)12-17-5-6-17;2*3-2(4,5)1(6)7/h2-4,7-8,11,17,20H,5-6,9-10,12-15H2,1H3;2*(H,6,7). The molecule has 3 aliphatic rings. The van der Waals surface area contributed by atoms with E-state index in [1.807, 2.05) is 23.6 Å². The van der Waals surface area contributed by atoms with E-state index in [9.17, 15) is 31.1 Å². The Kier molecular flexibility index (Phi) is 10.6. The summed E-state index contributed by atoms with van der Waals surface area (Å²) < 4.78 is 69.8. The van der Waals surface area contributed by atoms with Crippen molar-refractivity contribution in [3.05, 3.63) is 52.0 Å². The van der Waals surface area contributed by atoms with E-state index in [-0.39, 0.29) is 11.8 Å². The number of aryl methyl sites for hydroxylation is 1. The van der Waals surface area contributed by atoms with Gasteiger partial charge in [0.1, 0.15) is 0 Å². The summed E-state index contributed by atoms with van der Waals surface area (Å²) >= 11 is 1.83. The van der Waals surface area contributed by atoms with Crippen molar-refractivity contribution in [3.63, 3.8) is 0 Å². The Bertz CT molecular complexity index is 1210. The zero-order valence-electron chi connectivity index (χ0n) is 22.3. The van der Waals surface area contributed by atoms with Crippen LogP contribution >= 0.6 is 11.3 Å². The molecule has 3 fully saturated rings. The van der Waals surface area contributed by atoms with Gasteiger partial charge in [0.05, 0.1) is 6.61 Å². The number of likely N-dealkylation sites (tertiary alicyclic amines) is 1. The first kappa shape index (κ1) is 33.3. The second-order valence-corrected chi connectivity index (χ2v) is 11.4. The summed E-state index contributed by atoms with van der Waals surface area (Å²) in [7, 11) is 0. The third kappa shape index (κ3) is 8.88. The first-order valence-corrected chi connectivity index (χ1v) is 13.6. The number of aromatic nitrogens is 1. The predicted molar refractivity (Wildman–Crippen MR) is 137 cm³/mol. The van der Waals surface area contributed by atoms with Gasteiger partial charge in [-0.15, -0.1) is 11.3 Å². The molecule has 9 nitrogen and oxygen atoms in total. The first-order valence-electron chi connectivity index (χ1n) is 12.7. The van der Waals surface area contributed by atoms with Crippen LogP contribution in [0.3, 0.4) is 0 Å². The van der Waals surface area contributed by atoms with Crippen LogP contribution in [0.4, 0.5) is 26.3 Å². The van der Waals surface area contributed by atoms with Gasteiger partial charge in [0.2, 0.25) is 0 Å². The van der Waals surface area contributed by atoms with E-state index in [1.54, 1.807) is 6.20 Å². The molecule has 1 spiro atoms. The Balaban J connectivity index is 0.000000289. The van der Waals surface area contributed by atoms with Gasteiger partial charge < -0.3 is 19.8 Å². The average Bonchev–Trinajstić information content (AvgIpc) is 3.52. The van der Waals surface area contributed by atoms with E-state index in [2.05, 4.69) is 39.9 Å². The van der Waals surface area contributed by atoms with Crippen molar-refractivity contribution in [2.24, 2.45) is 5.92 Å². The lowest BCUT2D eigenvalue weighted by atomic mass is 9.83. The summed E-state index contributed by atoms with van der Waals surface area (Å²) in [6.07, 6.45) is -3.96. The molecule has 1 saturated carbocycles. The summed E-state index contributed by atoms with van der Waals surface area (Å²) in [5.74, 6) is -4.61. The molecule has 2 unspecified atom stereocenters. The molecule has 4 heterocycles. The largest absolute Gasteiger partial charge is 0.490 e. The molecule has 2 aliphatic heterocycles. The summed E-state index contributed by atoms with van der Waals surface area (Å²) in [6, 6.07) is 8.43. The number of amides is 1. The Morgan fingerprint density at radius 1 is 1.10 bits per heavy atom. The number of carboxylic acids is 2. The number of rotatable bonds is 5. The predicted octanol–water partition coefficient (Wildman–Crippen LogP) is 4.33. The van der Waals surface area contributed by atoms with Crippen molar-refractivity contribution in [3.8, 4) is 0 Å². The van der Waals surface area contributed by atoms with Crippen molar-refractivity contribution in [1.29, 1.82) is 0 Å². The fourth-order valence-corrected chi connectivity index (χ4v) is 5.63. The molecule has 1 amide bonds. The number of aliphatic carboxylic acids is 2. The van der Waals surface area contributed by atoms with Crippen LogP contribution < -0.4 is 0 Å². The number of ether oxygens (including phenoxy) is 1. The highest BCUT2D eigenvalue weighted by molar-refractivity contribution is 7.11. The minimum atomic E-state index is -5.08. The lowest BCUT2D eigenvalue weighted by Crippen LogP contribution is -2.60. The number of thiophene rings is 1. The van der Waals surface area contributed by atoms with E-state index in [0.717, 1.165) is 31.7 Å². The first-order chi connectivity index (χ1) is 19.5. The van der Waals surface area contributed by atoms with Crippen LogP contribution in [0.1, 0.15) is 34.1 Å². The molecule has 42 heavy (non-hydrogen) atoms. The van der Waals surface area contributed by atoms with Gasteiger partial charge >= 0.3 is 24.3 Å². The minimum Gasteiger partial charge on any atom is -0.475 e. The normalized spacial score (nSPS) is 22.7. The Labute approximate surface area is 240 Å². The van der Waals surface area contributed by atoms with Crippen LogP contribution in [-0.2, 0) is 25.7 Å². The fraction of sp³-hybridized carbons (Fsp3) is 0.538. The number of morpholine rings is 1.